The molecule has 2 heterocycles. The molecule has 0 N–H and O–H groups in total. The zero-order valence-corrected chi connectivity index (χ0v) is 9.24. The van der Waals surface area contributed by atoms with Gasteiger partial charge in [-0.25, -0.2) is 8.78 Å². The molecular formula is C11H19F2N. The molecule has 0 bridgehead atoms. The van der Waals surface area contributed by atoms with Crippen LogP contribution in [0.3, 0.4) is 0 Å². The molecule has 1 atom stereocenters. The highest BCUT2D eigenvalue weighted by Gasteiger charge is 2.61. The van der Waals surface area contributed by atoms with E-state index in [0.717, 1.165) is 19.4 Å². The van der Waals surface area contributed by atoms with Crippen molar-refractivity contribution in [3.05, 3.63) is 0 Å². The summed E-state index contributed by atoms with van der Waals surface area (Å²) >= 11 is 0. The largest absolute Gasteiger partial charge is 0.291 e. The number of hydrogen-bond donors (Lipinski definition) is 0. The van der Waals surface area contributed by atoms with Gasteiger partial charge in [-0.05, 0) is 24.8 Å². The van der Waals surface area contributed by atoms with E-state index in [1.54, 1.807) is 0 Å². The molecule has 2 rings (SSSR count). The van der Waals surface area contributed by atoms with Gasteiger partial charge in [0.2, 0.25) is 0 Å². The zero-order valence-electron chi connectivity index (χ0n) is 9.24. The molecule has 2 aliphatic heterocycles. The summed E-state index contributed by atoms with van der Waals surface area (Å²) in [5, 5.41) is 0. The average Bonchev–Trinajstić information content (AvgIpc) is 2.37. The molecule has 2 aliphatic rings. The van der Waals surface area contributed by atoms with Crippen molar-refractivity contribution in [2.45, 2.75) is 51.5 Å². The van der Waals surface area contributed by atoms with E-state index in [2.05, 4.69) is 20.8 Å². The quantitative estimate of drug-likeness (QED) is 0.585. The summed E-state index contributed by atoms with van der Waals surface area (Å²) in [6.45, 7) is 7.10. The van der Waals surface area contributed by atoms with Crippen LogP contribution in [-0.4, -0.2) is 29.5 Å². The Kier molecular flexibility index (Phi) is 1.98. The second kappa shape index (κ2) is 2.69. The number of rotatable bonds is 0. The molecule has 2 saturated heterocycles. The van der Waals surface area contributed by atoms with Crippen LogP contribution in [0.15, 0.2) is 0 Å². The Balaban J connectivity index is 2.33. The van der Waals surface area contributed by atoms with Crippen molar-refractivity contribution in [2.75, 3.05) is 13.1 Å². The molecule has 1 unspecified atom stereocenters. The van der Waals surface area contributed by atoms with Crippen LogP contribution in [0, 0.1) is 5.41 Å². The van der Waals surface area contributed by atoms with Gasteiger partial charge in [-0.1, -0.05) is 20.8 Å². The lowest BCUT2D eigenvalue weighted by molar-refractivity contribution is 0.00386. The Labute approximate surface area is 84.5 Å². The molecule has 1 nitrogen and oxygen atoms in total. The van der Waals surface area contributed by atoms with Crippen LogP contribution in [0.4, 0.5) is 8.78 Å². The van der Waals surface area contributed by atoms with E-state index in [1.165, 1.54) is 0 Å². The number of nitrogens with zero attached hydrogens (tertiary/aromatic N) is 1. The van der Waals surface area contributed by atoms with Crippen molar-refractivity contribution in [3.63, 3.8) is 0 Å². The summed E-state index contributed by atoms with van der Waals surface area (Å²) in [5.74, 6) is -2.46. The molecule has 0 aromatic rings. The van der Waals surface area contributed by atoms with E-state index in [1.807, 2.05) is 4.90 Å². The third kappa shape index (κ3) is 1.28. The topological polar surface area (TPSA) is 3.24 Å². The fourth-order valence-corrected chi connectivity index (χ4v) is 3.24. The molecule has 3 heteroatoms. The first-order valence-electron chi connectivity index (χ1n) is 5.40. The van der Waals surface area contributed by atoms with Gasteiger partial charge in [-0.2, -0.15) is 0 Å². The highest BCUT2D eigenvalue weighted by molar-refractivity contribution is 5.11. The maximum atomic E-state index is 13.4. The summed E-state index contributed by atoms with van der Waals surface area (Å²) in [6.07, 6.45) is 2.07. The van der Waals surface area contributed by atoms with Gasteiger partial charge in [0.05, 0.1) is 6.54 Å². The number of alkyl halides is 2. The first-order valence-corrected chi connectivity index (χ1v) is 5.40. The smallest absolute Gasteiger partial charge is 0.262 e. The standard InChI is InChI=1S/C11H19F2N/c1-9(2,3)10-5-4-6-14(10)8-11(12,13)7-10/h4-8H2,1-3H3. The van der Waals surface area contributed by atoms with Crippen LogP contribution < -0.4 is 0 Å². The van der Waals surface area contributed by atoms with Gasteiger partial charge in [-0.3, -0.25) is 4.90 Å². The second-order valence-corrected chi connectivity index (χ2v) is 5.84. The maximum Gasteiger partial charge on any atom is 0.262 e. The summed E-state index contributed by atoms with van der Waals surface area (Å²) in [7, 11) is 0. The van der Waals surface area contributed by atoms with Crippen molar-refractivity contribution >= 4 is 0 Å². The van der Waals surface area contributed by atoms with Gasteiger partial charge in [0, 0.05) is 12.0 Å². The average molecular weight is 203 g/mol. The minimum absolute atomic E-state index is 0.0235. The molecule has 0 amide bonds. The van der Waals surface area contributed by atoms with E-state index in [-0.39, 0.29) is 23.9 Å². The van der Waals surface area contributed by atoms with Crippen LogP contribution in [0.2, 0.25) is 0 Å². The van der Waals surface area contributed by atoms with Crippen molar-refractivity contribution in [1.82, 2.24) is 4.90 Å². The number of hydrogen-bond acceptors (Lipinski definition) is 1. The molecule has 0 aromatic heterocycles. The van der Waals surface area contributed by atoms with Crippen LogP contribution >= 0.6 is 0 Å². The molecule has 14 heavy (non-hydrogen) atoms. The maximum absolute atomic E-state index is 13.4. The zero-order chi connectivity index (χ0) is 10.6. The summed E-state index contributed by atoms with van der Waals surface area (Å²) < 4.78 is 26.8. The summed E-state index contributed by atoms with van der Waals surface area (Å²) in [4.78, 5) is 2.02. The van der Waals surface area contributed by atoms with E-state index in [9.17, 15) is 8.78 Å². The van der Waals surface area contributed by atoms with E-state index >= 15 is 0 Å². The molecule has 0 aromatic carbocycles. The van der Waals surface area contributed by atoms with Crippen molar-refractivity contribution in [2.24, 2.45) is 5.41 Å². The highest BCUT2D eigenvalue weighted by atomic mass is 19.3. The van der Waals surface area contributed by atoms with Gasteiger partial charge in [0.25, 0.3) is 5.92 Å². The van der Waals surface area contributed by atoms with Gasteiger partial charge in [0.1, 0.15) is 0 Å². The Morgan fingerprint density at radius 1 is 1.21 bits per heavy atom. The lowest BCUT2D eigenvalue weighted by atomic mass is 9.71. The SMILES string of the molecule is CC(C)(C)C12CCCN1CC(F)(F)C2. The molecule has 2 fully saturated rings. The van der Waals surface area contributed by atoms with Crippen molar-refractivity contribution < 1.29 is 8.78 Å². The Hall–Kier alpha value is -0.180. The molecular weight excluding hydrogens is 184 g/mol. The Morgan fingerprint density at radius 3 is 2.36 bits per heavy atom. The summed E-state index contributed by atoms with van der Waals surface area (Å²) in [6, 6.07) is 0. The molecule has 0 aliphatic carbocycles. The predicted molar refractivity (Wildman–Crippen MR) is 52.6 cm³/mol. The van der Waals surface area contributed by atoms with Gasteiger partial charge < -0.3 is 0 Å². The van der Waals surface area contributed by atoms with Gasteiger partial charge in [0.15, 0.2) is 0 Å². The van der Waals surface area contributed by atoms with Crippen LogP contribution in [-0.2, 0) is 0 Å². The van der Waals surface area contributed by atoms with E-state index < -0.39 is 5.92 Å². The number of halogens is 2. The minimum Gasteiger partial charge on any atom is -0.291 e. The first-order chi connectivity index (χ1) is 6.27. The van der Waals surface area contributed by atoms with Crippen LogP contribution in [0.25, 0.3) is 0 Å². The van der Waals surface area contributed by atoms with E-state index in [0.29, 0.717) is 0 Å². The monoisotopic (exact) mass is 203 g/mol. The van der Waals surface area contributed by atoms with E-state index in [4.69, 9.17) is 0 Å². The third-order valence-corrected chi connectivity index (χ3v) is 3.99. The minimum atomic E-state index is -2.46. The van der Waals surface area contributed by atoms with Crippen LogP contribution in [0.1, 0.15) is 40.0 Å². The van der Waals surface area contributed by atoms with Crippen LogP contribution in [0.5, 0.6) is 0 Å². The lowest BCUT2D eigenvalue weighted by Crippen LogP contribution is -2.49. The lowest BCUT2D eigenvalue weighted by Gasteiger charge is -2.43. The molecule has 0 saturated carbocycles. The fraction of sp³-hybridized carbons (Fsp3) is 1.00. The van der Waals surface area contributed by atoms with Gasteiger partial charge >= 0.3 is 0 Å². The predicted octanol–water partition coefficient (Wildman–Crippen LogP) is 2.91. The molecule has 0 radical (unpaired) electrons. The summed E-state index contributed by atoms with van der Waals surface area (Å²) in [5.41, 5.74) is -0.278. The fourth-order valence-electron chi connectivity index (χ4n) is 3.24. The third-order valence-electron chi connectivity index (χ3n) is 3.99. The number of fused-ring (bicyclic) bond motifs is 1. The van der Waals surface area contributed by atoms with Crippen molar-refractivity contribution in [1.29, 1.82) is 0 Å². The normalized spacial score (nSPS) is 37.5. The Bertz CT molecular complexity index is 244. The van der Waals surface area contributed by atoms with Gasteiger partial charge in [-0.15, -0.1) is 0 Å². The second-order valence-electron chi connectivity index (χ2n) is 5.84. The first kappa shape index (κ1) is 10.3. The Morgan fingerprint density at radius 2 is 1.86 bits per heavy atom. The van der Waals surface area contributed by atoms with Crippen molar-refractivity contribution in [3.8, 4) is 0 Å². The molecule has 0 spiro atoms. The molecule has 82 valence electrons. The highest BCUT2D eigenvalue weighted by Crippen LogP contribution is 2.54.